The predicted molar refractivity (Wildman–Crippen MR) is 99.2 cm³/mol. The second kappa shape index (κ2) is 7.82. The Labute approximate surface area is 154 Å². The summed E-state index contributed by atoms with van der Waals surface area (Å²) in [6.45, 7) is 5.95. The molecule has 1 aromatic heterocycles. The first-order valence-corrected chi connectivity index (χ1v) is 10.3. The molecule has 3 aliphatic rings. The summed E-state index contributed by atoms with van der Waals surface area (Å²) in [7, 11) is 1.69. The van der Waals surface area contributed by atoms with Crippen LogP contribution in [0.2, 0.25) is 0 Å². The molecule has 3 aliphatic heterocycles. The highest BCUT2D eigenvalue weighted by molar-refractivity contribution is 8.01. The molecular formula is C19H28N2O3S. The fourth-order valence-corrected chi connectivity index (χ4v) is 5.77. The van der Waals surface area contributed by atoms with Crippen molar-refractivity contribution in [1.29, 1.82) is 0 Å². The minimum Gasteiger partial charge on any atom is -0.481 e. The minimum atomic E-state index is 0.412. The van der Waals surface area contributed by atoms with Gasteiger partial charge in [-0.05, 0) is 31.2 Å². The normalized spacial score (nSPS) is 26.7. The molecule has 0 radical (unpaired) electrons. The summed E-state index contributed by atoms with van der Waals surface area (Å²) in [5.74, 6) is 2.60. The second-order valence-corrected chi connectivity index (χ2v) is 9.01. The van der Waals surface area contributed by atoms with E-state index in [0.29, 0.717) is 16.8 Å². The van der Waals surface area contributed by atoms with Crippen molar-refractivity contribution >= 4 is 11.8 Å². The molecule has 138 valence electrons. The first-order chi connectivity index (χ1) is 12.3. The molecule has 0 aliphatic carbocycles. The summed E-state index contributed by atoms with van der Waals surface area (Å²) >= 11 is 2.11. The van der Waals surface area contributed by atoms with Gasteiger partial charge < -0.3 is 14.2 Å². The molecule has 4 rings (SSSR count). The number of aromatic nitrogens is 1. The maximum Gasteiger partial charge on any atom is 0.217 e. The number of nitrogens with zero attached hydrogens (tertiary/aromatic N) is 2. The van der Waals surface area contributed by atoms with Crippen LogP contribution >= 0.6 is 11.8 Å². The number of hydrogen-bond acceptors (Lipinski definition) is 6. The minimum absolute atomic E-state index is 0.412. The maximum atomic E-state index is 6.24. The Morgan fingerprint density at radius 3 is 3.00 bits per heavy atom. The molecule has 1 atom stereocenters. The standard InChI is InChI=1S/C19H28N2O3S/c1-22-18-16(3-2-6-20-18)10-21-13-19(14-21)9-17(12-25-19)24-11-15-4-7-23-8-5-15/h2-3,6,15,17H,4-5,7-14H2,1H3. The largest absolute Gasteiger partial charge is 0.481 e. The molecule has 6 heteroatoms. The number of rotatable bonds is 6. The van der Waals surface area contributed by atoms with Crippen molar-refractivity contribution in [1.82, 2.24) is 9.88 Å². The van der Waals surface area contributed by atoms with Crippen LogP contribution in [0.25, 0.3) is 0 Å². The monoisotopic (exact) mass is 364 g/mol. The first kappa shape index (κ1) is 17.6. The maximum absolute atomic E-state index is 6.24. The third-order valence-corrected chi connectivity index (χ3v) is 7.12. The molecule has 0 amide bonds. The zero-order valence-electron chi connectivity index (χ0n) is 15.0. The fourth-order valence-electron chi connectivity index (χ4n) is 4.16. The Morgan fingerprint density at radius 1 is 1.36 bits per heavy atom. The zero-order chi connectivity index (χ0) is 17.1. The van der Waals surface area contributed by atoms with Crippen molar-refractivity contribution in [2.24, 2.45) is 5.92 Å². The van der Waals surface area contributed by atoms with Gasteiger partial charge in [0.05, 0.1) is 13.2 Å². The molecule has 0 aromatic carbocycles. The van der Waals surface area contributed by atoms with E-state index in [1.54, 1.807) is 13.3 Å². The van der Waals surface area contributed by atoms with Gasteiger partial charge in [0.25, 0.3) is 0 Å². The van der Waals surface area contributed by atoms with E-state index < -0.39 is 0 Å². The Hall–Kier alpha value is -0.820. The molecule has 1 unspecified atom stereocenters. The summed E-state index contributed by atoms with van der Waals surface area (Å²) in [6.07, 6.45) is 5.73. The third-order valence-electron chi connectivity index (χ3n) is 5.54. The van der Waals surface area contributed by atoms with Gasteiger partial charge in [-0.1, -0.05) is 6.07 Å². The van der Waals surface area contributed by atoms with Crippen LogP contribution in [0.15, 0.2) is 18.3 Å². The molecule has 25 heavy (non-hydrogen) atoms. The predicted octanol–water partition coefficient (Wildman–Crippen LogP) is 2.59. The van der Waals surface area contributed by atoms with Crippen molar-refractivity contribution in [3.8, 4) is 5.88 Å². The summed E-state index contributed by atoms with van der Waals surface area (Å²) in [5, 5.41) is 0. The average molecular weight is 365 g/mol. The quantitative estimate of drug-likeness (QED) is 0.773. The average Bonchev–Trinajstić information content (AvgIpc) is 3.05. The number of hydrogen-bond donors (Lipinski definition) is 0. The molecule has 0 saturated carbocycles. The van der Waals surface area contributed by atoms with Crippen LogP contribution in [0, 0.1) is 5.92 Å². The highest BCUT2D eigenvalue weighted by Crippen LogP contribution is 2.46. The lowest BCUT2D eigenvalue weighted by atomic mass is 9.92. The van der Waals surface area contributed by atoms with Gasteiger partial charge >= 0.3 is 0 Å². The number of methoxy groups -OCH3 is 1. The van der Waals surface area contributed by atoms with Crippen LogP contribution in [0.5, 0.6) is 5.88 Å². The molecule has 5 nitrogen and oxygen atoms in total. The van der Waals surface area contributed by atoms with Crippen molar-refractivity contribution < 1.29 is 14.2 Å². The van der Waals surface area contributed by atoms with Crippen LogP contribution in [0.1, 0.15) is 24.8 Å². The van der Waals surface area contributed by atoms with Gasteiger partial charge in [0.2, 0.25) is 5.88 Å². The van der Waals surface area contributed by atoms with Gasteiger partial charge in [0.15, 0.2) is 0 Å². The Kier molecular flexibility index (Phi) is 5.50. The lowest BCUT2D eigenvalue weighted by molar-refractivity contribution is -0.0133. The molecule has 0 bridgehead atoms. The van der Waals surface area contributed by atoms with Crippen molar-refractivity contribution in [2.75, 3.05) is 45.8 Å². The molecule has 1 spiro atoms. The SMILES string of the molecule is COc1ncccc1CN1CC2(CC(OCC3CCOCC3)CS2)C1. The molecule has 0 N–H and O–H groups in total. The molecule has 3 saturated heterocycles. The molecular weight excluding hydrogens is 336 g/mol. The highest BCUT2D eigenvalue weighted by atomic mass is 32.2. The van der Waals surface area contributed by atoms with E-state index in [4.69, 9.17) is 14.2 Å². The second-order valence-electron chi connectivity index (χ2n) is 7.53. The fraction of sp³-hybridized carbons (Fsp3) is 0.737. The first-order valence-electron chi connectivity index (χ1n) is 9.30. The number of ether oxygens (including phenoxy) is 3. The van der Waals surface area contributed by atoms with Crippen LogP contribution in [-0.2, 0) is 16.0 Å². The van der Waals surface area contributed by atoms with E-state index in [0.717, 1.165) is 63.9 Å². The van der Waals surface area contributed by atoms with Gasteiger partial charge in [-0.25, -0.2) is 4.98 Å². The Balaban J connectivity index is 1.22. The zero-order valence-corrected chi connectivity index (χ0v) is 15.8. The molecule has 1 aromatic rings. The van der Waals surface area contributed by atoms with Crippen LogP contribution < -0.4 is 4.74 Å². The smallest absolute Gasteiger partial charge is 0.217 e. The van der Waals surface area contributed by atoms with Crippen LogP contribution in [0.4, 0.5) is 0 Å². The van der Waals surface area contributed by atoms with Gasteiger partial charge in [-0.3, -0.25) is 4.90 Å². The van der Waals surface area contributed by atoms with Crippen LogP contribution in [-0.4, -0.2) is 66.5 Å². The van der Waals surface area contributed by atoms with E-state index in [1.807, 2.05) is 6.07 Å². The Bertz CT molecular complexity index is 574. The summed E-state index contributed by atoms with van der Waals surface area (Å²) < 4.78 is 17.4. The Morgan fingerprint density at radius 2 is 2.20 bits per heavy atom. The number of thioether (sulfide) groups is 1. The van der Waals surface area contributed by atoms with E-state index in [1.165, 1.54) is 12.0 Å². The number of pyridine rings is 1. The molecule has 3 fully saturated rings. The number of likely N-dealkylation sites (tertiary alicyclic amines) is 1. The van der Waals surface area contributed by atoms with Crippen molar-refractivity contribution in [3.63, 3.8) is 0 Å². The van der Waals surface area contributed by atoms with Crippen molar-refractivity contribution in [2.45, 2.75) is 36.7 Å². The van der Waals surface area contributed by atoms with Gasteiger partial charge in [0.1, 0.15) is 0 Å². The lowest BCUT2D eigenvalue weighted by Crippen LogP contribution is -2.58. The summed E-state index contributed by atoms with van der Waals surface area (Å²) in [4.78, 5) is 6.79. The summed E-state index contributed by atoms with van der Waals surface area (Å²) in [5.41, 5.74) is 1.18. The van der Waals surface area contributed by atoms with E-state index >= 15 is 0 Å². The van der Waals surface area contributed by atoms with Crippen LogP contribution in [0.3, 0.4) is 0 Å². The van der Waals surface area contributed by atoms with E-state index in [-0.39, 0.29) is 0 Å². The lowest BCUT2D eigenvalue weighted by Gasteiger charge is -2.47. The van der Waals surface area contributed by atoms with Crippen molar-refractivity contribution in [3.05, 3.63) is 23.9 Å². The van der Waals surface area contributed by atoms with E-state index in [9.17, 15) is 0 Å². The molecule has 4 heterocycles. The van der Waals surface area contributed by atoms with Gasteiger partial charge in [-0.2, -0.15) is 0 Å². The topological polar surface area (TPSA) is 43.8 Å². The summed E-state index contributed by atoms with van der Waals surface area (Å²) in [6, 6.07) is 4.09. The highest BCUT2D eigenvalue weighted by Gasteiger charge is 2.49. The van der Waals surface area contributed by atoms with E-state index in [2.05, 4.69) is 27.7 Å². The van der Waals surface area contributed by atoms with Gasteiger partial charge in [0, 0.05) is 61.7 Å². The van der Waals surface area contributed by atoms with Gasteiger partial charge in [-0.15, -0.1) is 11.8 Å². The third kappa shape index (κ3) is 4.13.